The molecular weight excluding hydrogens is 336 g/mol. The molecule has 0 spiro atoms. The molecule has 0 unspecified atom stereocenters. The molecular formula is C19H32N2O5. The summed E-state index contributed by atoms with van der Waals surface area (Å²) in [6, 6.07) is -0.677. The van der Waals surface area contributed by atoms with E-state index in [-0.39, 0.29) is 25.0 Å². The third-order valence-electron chi connectivity index (χ3n) is 3.72. The Labute approximate surface area is 156 Å². The van der Waals surface area contributed by atoms with Crippen LogP contribution in [0.1, 0.15) is 48.0 Å². The Morgan fingerprint density at radius 3 is 2.38 bits per heavy atom. The predicted molar refractivity (Wildman–Crippen MR) is 98.5 cm³/mol. The summed E-state index contributed by atoms with van der Waals surface area (Å²) in [4.78, 5) is 40.5. The number of esters is 1. The summed E-state index contributed by atoms with van der Waals surface area (Å²) < 4.78 is 10.4. The lowest BCUT2D eigenvalue weighted by molar-refractivity contribution is -0.150. The van der Waals surface area contributed by atoms with Crippen molar-refractivity contribution in [3.8, 4) is 0 Å². The lowest BCUT2D eigenvalue weighted by Gasteiger charge is -2.36. The molecule has 0 radical (unpaired) electrons. The number of nitrogens with zero attached hydrogens (tertiary/aromatic N) is 2. The maximum Gasteiger partial charge on any atom is 0.411 e. The second kappa shape index (κ2) is 9.59. The molecule has 0 fully saturated rings. The number of ether oxygens (including phenoxy) is 2. The smallest absolute Gasteiger partial charge is 0.411 e. The molecule has 0 aliphatic carbocycles. The molecule has 0 saturated carbocycles. The monoisotopic (exact) mass is 368 g/mol. The Balaban J connectivity index is 3.08. The molecule has 1 aliphatic rings. The number of carbonyl (C=O) groups excluding carboxylic acids is 3. The van der Waals surface area contributed by atoms with Gasteiger partial charge in [0.1, 0.15) is 18.2 Å². The quantitative estimate of drug-likeness (QED) is 0.551. The van der Waals surface area contributed by atoms with Gasteiger partial charge in [-0.2, -0.15) is 0 Å². The minimum atomic E-state index is -0.677. The second-order valence-electron chi connectivity index (χ2n) is 7.77. The minimum absolute atomic E-state index is 0.131. The van der Waals surface area contributed by atoms with Gasteiger partial charge in [0.25, 0.3) is 0 Å². The van der Waals surface area contributed by atoms with Gasteiger partial charge in [0.2, 0.25) is 5.91 Å². The Bertz CT molecular complexity index is 537. The maximum absolute atomic E-state index is 13.1. The Morgan fingerprint density at radius 2 is 1.85 bits per heavy atom. The molecule has 0 aromatic heterocycles. The second-order valence-corrected chi connectivity index (χ2v) is 7.77. The number of hydrogen-bond donors (Lipinski definition) is 0. The van der Waals surface area contributed by atoms with Gasteiger partial charge in [0, 0.05) is 13.1 Å². The van der Waals surface area contributed by atoms with E-state index >= 15 is 0 Å². The van der Waals surface area contributed by atoms with Crippen molar-refractivity contribution in [1.29, 1.82) is 0 Å². The first-order valence-electron chi connectivity index (χ1n) is 9.14. The molecule has 1 aliphatic heterocycles. The molecule has 0 saturated heterocycles. The SMILES string of the molecule is CCOC(=O)CN1C/C=C\CN(C(=O)OC(C)(C)C)[C@@H](CC(C)C)C1=O. The van der Waals surface area contributed by atoms with Gasteiger partial charge in [0.15, 0.2) is 0 Å². The summed E-state index contributed by atoms with van der Waals surface area (Å²) in [7, 11) is 0. The van der Waals surface area contributed by atoms with Crippen molar-refractivity contribution in [2.75, 3.05) is 26.2 Å². The maximum atomic E-state index is 13.1. The van der Waals surface area contributed by atoms with E-state index in [9.17, 15) is 14.4 Å². The van der Waals surface area contributed by atoms with Crippen LogP contribution < -0.4 is 0 Å². The van der Waals surface area contributed by atoms with Crippen molar-refractivity contribution in [2.24, 2.45) is 5.92 Å². The average molecular weight is 368 g/mol. The van der Waals surface area contributed by atoms with E-state index in [2.05, 4.69) is 0 Å². The molecule has 0 aromatic carbocycles. The largest absolute Gasteiger partial charge is 0.465 e. The van der Waals surface area contributed by atoms with Crippen molar-refractivity contribution in [3.05, 3.63) is 12.2 Å². The summed E-state index contributed by atoms with van der Waals surface area (Å²) in [6.45, 7) is 11.8. The summed E-state index contributed by atoms with van der Waals surface area (Å²) in [5.41, 5.74) is -0.654. The molecule has 1 rings (SSSR count). The lowest BCUT2D eigenvalue weighted by Crippen LogP contribution is -2.54. The highest BCUT2D eigenvalue weighted by Crippen LogP contribution is 2.20. The van der Waals surface area contributed by atoms with E-state index in [0.717, 1.165) is 0 Å². The summed E-state index contributed by atoms with van der Waals surface area (Å²) >= 11 is 0. The standard InChI is InChI=1S/C19H32N2O5/c1-7-25-16(22)13-20-10-8-9-11-21(18(24)26-19(4,5)6)15(17(20)23)12-14(2)3/h8-9,14-15H,7,10-13H2,1-6H3/b9-8-/t15-/m0/s1. The molecule has 1 atom stereocenters. The number of hydrogen-bond acceptors (Lipinski definition) is 5. The van der Waals surface area contributed by atoms with E-state index in [1.807, 2.05) is 19.9 Å². The van der Waals surface area contributed by atoms with Crippen LogP contribution in [0.3, 0.4) is 0 Å². The van der Waals surface area contributed by atoms with Gasteiger partial charge in [-0.15, -0.1) is 0 Å². The van der Waals surface area contributed by atoms with Crippen LogP contribution in [0.15, 0.2) is 12.2 Å². The number of carbonyl (C=O) groups is 3. The Hall–Kier alpha value is -2.05. The fourth-order valence-electron chi connectivity index (χ4n) is 2.65. The van der Waals surface area contributed by atoms with Gasteiger partial charge in [-0.1, -0.05) is 26.0 Å². The van der Waals surface area contributed by atoms with Crippen molar-refractivity contribution >= 4 is 18.0 Å². The van der Waals surface area contributed by atoms with E-state index in [4.69, 9.17) is 9.47 Å². The first-order valence-corrected chi connectivity index (χ1v) is 9.14. The van der Waals surface area contributed by atoms with Crippen molar-refractivity contribution in [1.82, 2.24) is 9.80 Å². The van der Waals surface area contributed by atoms with E-state index in [1.54, 1.807) is 33.8 Å². The average Bonchev–Trinajstić information content (AvgIpc) is 2.48. The van der Waals surface area contributed by atoms with Gasteiger partial charge in [-0.25, -0.2) is 4.79 Å². The number of amides is 2. The third kappa shape index (κ3) is 7.06. The molecule has 0 aromatic rings. The van der Waals surface area contributed by atoms with Crippen molar-refractivity contribution < 1.29 is 23.9 Å². The fraction of sp³-hybridized carbons (Fsp3) is 0.737. The van der Waals surface area contributed by atoms with Gasteiger partial charge in [0.05, 0.1) is 6.61 Å². The van der Waals surface area contributed by atoms with E-state index in [1.165, 1.54) is 9.80 Å². The van der Waals surface area contributed by atoms with Crippen LogP contribution in [0.4, 0.5) is 4.79 Å². The van der Waals surface area contributed by atoms with Crippen LogP contribution in [0, 0.1) is 5.92 Å². The van der Waals surface area contributed by atoms with Gasteiger partial charge >= 0.3 is 12.1 Å². The highest BCUT2D eigenvalue weighted by Gasteiger charge is 2.36. The fourth-order valence-corrected chi connectivity index (χ4v) is 2.65. The summed E-state index contributed by atoms with van der Waals surface area (Å²) in [5.74, 6) is -0.523. The Morgan fingerprint density at radius 1 is 1.23 bits per heavy atom. The Kier molecular flexibility index (Phi) is 8.11. The predicted octanol–water partition coefficient (Wildman–Crippen LogP) is 2.60. The zero-order valence-electron chi connectivity index (χ0n) is 16.8. The summed E-state index contributed by atoms with van der Waals surface area (Å²) in [5, 5.41) is 0. The van der Waals surface area contributed by atoms with Gasteiger partial charge < -0.3 is 14.4 Å². The lowest BCUT2D eigenvalue weighted by atomic mass is 10.0. The van der Waals surface area contributed by atoms with Crippen LogP contribution in [-0.4, -0.2) is 65.7 Å². The molecule has 0 bridgehead atoms. The van der Waals surface area contributed by atoms with Gasteiger partial charge in [-0.05, 0) is 40.0 Å². The van der Waals surface area contributed by atoms with Crippen LogP contribution in [0.25, 0.3) is 0 Å². The highest BCUT2D eigenvalue weighted by atomic mass is 16.6. The number of rotatable bonds is 5. The first-order chi connectivity index (χ1) is 12.0. The normalized spacial score (nSPS) is 19.8. The van der Waals surface area contributed by atoms with Crippen molar-refractivity contribution in [3.63, 3.8) is 0 Å². The van der Waals surface area contributed by atoms with Crippen LogP contribution in [-0.2, 0) is 19.1 Å². The molecule has 0 N–H and O–H groups in total. The third-order valence-corrected chi connectivity index (χ3v) is 3.72. The molecule has 2 amide bonds. The molecule has 26 heavy (non-hydrogen) atoms. The van der Waals surface area contributed by atoms with Crippen molar-refractivity contribution in [2.45, 2.75) is 59.6 Å². The van der Waals surface area contributed by atoms with E-state index < -0.39 is 23.7 Å². The highest BCUT2D eigenvalue weighted by molar-refractivity contribution is 5.89. The minimum Gasteiger partial charge on any atom is -0.465 e. The molecule has 7 nitrogen and oxygen atoms in total. The zero-order chi connectivity index (χ0) is 19.9. The summed E-state index contributed by atoms with van der Waals surface area (Å²) in [6.07, 6.45) is 3.56. The van der Waals surface area contributed by atoms with Gasteiger partial charge in [-0.3, -0.25) is 14.5 Å². The zero-order valence-corrected chi connectivity index (χ0v) is 16.8. The van der Waals surface area contributed by atoms with Crippen LogP contribution >= 0.6 is 0 Å². The molecule has 7 heteroatoms. The van der Waals surface area contributed by atoms with Crippen LogP contribution in [0.2, 0.25) is 0 Å². The molecule has 1 heterocycles. The van der Waals surface area contributed by atoms with Crippen LogP contribution in [0.5, 0.6) is 0 Å². The first kappa shape index (κ1) is 22.0. The topological polar surface area (TPSA) is 76.2 Å². The van der Waals surface area contributed by atoms with E-state index in [0.29, 0.717) is 19.5 Å². The molecule has 148 valence electrons.